The van der Waals surface area contributed by atoms with Gasteiger partial charge in [-0.05, 0) is 25.0 Å². The van der Waals surface area contributed by atoms with E-state index in [-0.39, 0.29) is 11.7 Å². The highest BCUT2D eigenvalue weighted by atomic mass is 16.4. The van der Waals surface area contributed by atoms with Gasteiger partial charge in [0.2, 0.25) is 5.91 Å². The number of carbonyl (C=O) groups is 1. The van der Waals surface area contributed by atoms with Crippen LogP contribution in [0, 0.1) is 5.41 Å². The number of anilines is 1. The minimum absolute atomic E-state index is 0.00593. The number of carbonyl (C=O) groups excluding carboxylic acids is 1. The van der Waals surface area contributed by atoms with Crippen LogP contribution in [0.1, 0.15) is 32.1 Å². The van der Waals surface area contributed by atoms with Crippen LogP contribution in [-0.2, 0) is 4.79 Å². The molecule has 1 fully saturated rings. The van der Waals surface area contributed by atoms with Gasteiger partial charge in [0.15, 0.2) is 5.84 Å². The van der Waals surface area contributed by atoms with Gasteiger partial charge in [-0.3, -0.25) is 9.78 Å². The molecule has 1 amide bonds. The summed E-state index contributed by atoms with van der Waals surface area (Å²) in [5, 5.41) is 14.8. The highest BCUT2D eigenvalue weighted by molar-refractivity contribution is 6.11. The molecule has 4 N–H and O–H groups in total. The maximum atomic E-state index is 12.5. The SMILES string of the molecule is NC(=NO)C1(C(=O)Nc2cccnc2)CCCCC1. The summed E-state index contributed by atoms with van der Waals surface area (Å²) in [6.07, 6.45) is 7.29. The van der Waals surface area contributed by atoms with Crippen molar-refractivity contribution >= 4 is 17.4 Å². The summed E-state index contributed by atoms with van der Waals surface area (Å²) in [5.41, 5.74) is 5.47. The third kappa shape index (κ3) is 2.67. The van der Waals surface area contributed by atoms with E-state index in [0.29, 0.717) is 18.5 Å². The van der Waals surface area contributed by atoms with E-state index in [1.807, 2.05) is 0 Å². The van der Waals surface area contributed by atoms with Crippen molar-refractivity contribution in [2.45, 2.75) is 32.1 Å². The largest absolute Gasteiger partial charge is 0.409 e. The van der Waals surface area contributed by atoms with Crippen molar-refractivity contribution in [3.63, 3.8) is 0 Å². The number of nitrogens with zero attached hydrogens (tertiary/aromatic N) is 2. The van der Waals surface area contributed by atoms with Crippen molar-refractivity contribution < 1.29 is 10.0 Å². The van der Waals surface area contributed by atoms with Crippen molar-refractivity contribution in [1.29, 1.82) is 0 Å². The Hall–Kier alpha value is -2.11. The highest BCUT2D eigenvalue weighted by Crippen LogP contribution is 2.37. The number of rotatable bonds is 3. The van der Waals surface area contributed by atoms with E-state index in [2.05, 4.69) is 15.5 Å². The Morgan fingerprint density at radius 1 is 1.42 bits per heavy atom. The lowest BCUT2D eigenvalue weighted by atomic mass is 9.72. The van der Waals surface area contributed by atoms with Gasteiger partial charge < -0.3 is 16.3 Å². The van der Waals surface area contributed by atoms with Crippen LogP contribution in [0.4, 0.5) is 5.69 Å². The molecule has 0 spiro atoms. The van der Waals surface area contributed by atoms with Gasteiger partial charge in [0.05, 0.1) is 11.9 Å². The number of nitrogens with two attached hydrogens (primary N) is 1. The molecular formula is C13H18N4O2. The Bertz CT molecular complexity index is 467. The molecule has 0 radical (unpaired) electrons. The van der Waals surface area contributed by atoms with Crippen molar-refractivity contribution in [2.24, 2.45) is 16.3 Å². The number of aromatic nitrogens is 1. The van der Waals surface area contributed by atoms with E-state index in [0.717, 1.165) is 19.3 Å². The summed E-state index contributed by atoms with van der Waals surface area (Å²) in [6.45, 7) is 0. The summed E-state index contributed by atoms with van der Waals surface area (Å²) in [5.74, 6) is -0.232. The van der Waals surface area contributed by atoms with Crippen molar-refractivity contribution in [3.8, 4) is 0 Å². The third-order valence-electron chi connectivity index (χ3n) is 3.66. The van der Waals surface area contributed by atoms with E-state index in [4.69, 9.17) is 10.9 Å². The van der Waals surface area contributed by atoms with Gasteiger partial charge in [0, 0.05) is 6.20 Å². The first-order valence-corrected chi connectivity index (χ1v) is 6.38. The van der Waals surface area contributed by atoms with E-state index in [9.17, 15) is 4.79 Å². The molecule has 1 aromatic heterocycles. The highest BCUT2D eigenvalue weighted by Gasteiger charge is 2.43. The number of pyridine rings is 1. The molecule has 2 rings (SSSR count). The van der Waals surface area contributed by atoms with Crippen LogP contribution in [0.2, 0.25) is 0 Å². The molecule has 0 aliphatic heterocycles. The normalized spacial score (nSPS) is 18.8. The van der Waals surface area contributed by atoms with Gasteiger partial charge in [-0.25, -0.2) is 0 Å². The molecule has 1 aromatic rings. The summed E-state index contributed by atoms with van der Waals surface area (Å²) in [7, 11) is 0. The molecule has 0 saturated heterocycles. The van der Waals surface area contributed by atoms with Gasteiger partial charge in [-0.2, -0.15) is 0 Å². The average Bonchev–Trinajstić information content (AvgIpc) is 2.48. The molecular weight excluding hydrogens is 244 g/mol. The minimum atomic E-state index is -0.900. The van der Waals surface area contributed by atoms with Gasteiger partial charge >= 0.3 is 0 Å². The predicted molar refractivity (Wildman–Crippen MR) is 71.8 cm³/mol. The second-order valence-electron chi connectivity index (χ2n) is 4.82. The molecule has 1 aliphatic carbocycles. The lowest BCUT2D eigenvalue weighted by molar-refractivity contribution is -0.123. The summed E-state index contributed by atoms with van der Waals surface area (Å²) < 4.78 is 0. The van der Waals surface area contributed by atoms with Crippen LogP contribution in [-0.4, -0.2) is 21.9 Å². The van der Waals surface area contributed by atoms with Crippen LogP contribution >= 0.6 is 0 Å². The molecule has 1 saturated carbocycles. The Morgan fingerprint density at radius 3 is 2.74 bits per heavy atom. The summed E-state index contributed by atoms with van der Waals surface area (Å²) in [4.78, 5) is 16.4. The molecule has 1 aliphatic rings. The fourth-order valence-electron chi connectivity index (χ4n) is 2.54. The molecule has 6 nitrogen and oxygen atoms in total. The average molecular weight is 262 g/mol. The van der Waals surface area contributed by atoms with Crippen LogP contribution in [0.3, 0.4) is 0 Å². The minimum Gasteiger partial charge on any atom is -0.409 e. The number of oxime groups is 1. The zero-order valence-corrected chi connectivity index (χ0v) is 10.7. The maximum absolute atomic E-state index is 12.5. The number of nitrogens with one attached hydrogen (secondary N) is 1. The van der Waals surface area contributed by atoms with Crippen LogP contribution < -0.4 is 11.1 Å². The molecule has 19 heavy (non-hydrogen) atoms. The number of amidine groups is 1. The van der Waals surface area contributed by atoms with E-state index < -0.39 is 5.41 Å². The van der Waals surface area contributed by atoms with Crippen LogP contribution in [0.25, 0.3) is 0 Å². The fourth-order valence-corrected chi connectivity index (χ4v) is 2.54. The first-order valence-electron chi connectivity index (χ1n) is 6.38. The number of hydrogen-bond donors (Lipinski definition) is 3. The smallest absolute Gasteiger partial charge is 0.238 e. The van der Waals surface area contributed by atoms with Crippen molar-refractivity contribution in [1.82, 2.24) is 4.98 Å². The molecule has 102 valence electrons. The van der Waals surface area contributed by atoms with Gasteiger partial charge in [-0.15, -0.1) is 0 Å². The van der Waals surface area contributed by atoms with Crippen molar-refractivity contribution in [3.05, 3.63) is 24.5 Å². The standard InChI is InChI=1S/C13H18N4O2/c14-11(17-19)13(6-2-1-3-7-13)12(18)16-10-5-4-8-15-9-10/h4-5,8-9,19H,1-3,6-7H2,(H2,14,17)(H,16,18). The Labute approximate surface area is 111 Å². The first kappa shape index (κ1) is 13.3. The first-order chi connectivity index (χ1) is 9.19. The molecule has 0 unspecified atom stereocenters. The quantitative estimate of drug-likeness (QED) is 0.334. The molecule has 0 aromatic carbocycles. The van der Waals surface area contributed by atoms with E-state index >= 15 is 0 Å². The monoisotopic (exact) mass is 262 g/mol. The second-order valence-corrected chi connectivity index (χ2v) is 4.82. The number of amides is 1. The van der Waals surface area contributed by atoms with Crippen LogP contribution in [0.5, 0.6) is 0 Å². The summed E-state index contributed by atoms with van der Waals surface area (Å²) >= 11 is 0. The topological polar surface area (TPSA) is 101 Å². The lowest BCUT2D eigenvalue weighted by Crippen LogP contribution is -2.48. The lowest BCUT2D eigenvalue weighted by Gasteiger charge is -2.34. The van der Waals surface area contributed by atoms with Crippen LogP contribution in [0.15, 0.2) is 29.7 Å². The van der Waals surface area contributed by atoms with E-state index in [1.165, 1.54) is 0 Å². The Kier molecular flexibility index (Phi) is 3.99. The van der Waals surface area contributed by atoms with Gasteiger partial charge in [0.1, 0.15) is 5.41 Å². The molecule has 1 heterocycles. The zero-order chi connectivity index (χ0) is 13.7. The van der Waals surface area contributed by atoms with E-state index in [1.54, 1.807) is 24.5 Å². The summed E-state index contributed by atoms with van der Waals surface area (Å²) in [6, 6.07) is 3.50. The van der Waals surface area contributed by atoms with Gasteiger partial charge in [-0.1, -0.05) is 24.4 Å². The number of hydrogen-bond acceptors (Lipinski definition) is 4. The fraction of sp³-hybridized carbons (Fsp3) is 0.462. The molecule has 0 bridgehead atoms. The maximum Gasteiger partial charge on any atom is 0.238 e. The third-order valence-corrected chi connectivity index (χ3v) is 3.66. The zero-order valence-electron chi connectivity index (χ0n) is 10.7. The van der Waals surface area contributed by atoms with Gasteiger partial charge in [0.25, 0.3) is 0 Å². The van der Waals surface area contributed by atoms with Crippen molar-refractivity contribution in [2.75, 3.05) is 5.32 Å². The Morgan fingerprint density at radius 2 is 2.16 bits per heavy atom. The molecule has 0 atom stereocenters. The molecule has 6 heteroatoms. The second kappa shape index (κ2) is 5.69. The Balaban J connectivity index is 2.21. The predicted octanol–water partition coefficient (Wildman–Crippen LogP) is 1.72.